The molecule has 1 unspecified atom stereocenters. The molecule has 1 saturated heterocycles. The first-order valence-electron chi connectivity index (χ1n) is 5.69. The van der Waals surface area contributed by atoms with Crippen LogP contribution in [0.4, 0.5) is 5.13 Å². The summed E-state index contributed by atoms with van der Waals surface area (Å²) in [7, 11) is 0. The Morgan fingerprint density at radius 3 is 3.00 bits per heavy atom. The smallest absolute Gasteiger partial charge is 0.355 e. The van der Waals surface area contributed by atoms with Gasteiger partial charge in [-0.05, 0) is 13.3 Å². The minimum Gasteiger partial charge on any atom is -0.476 e. The van der Waals surface area contributed by atoms with E-state index in [0.717, 1.165) is 35.3 Å². The predicted molar refractivity (Wildman–Crippen MR) is 72.6 cm³/mol. The molecule has 4 nitrogen and oxygen atoms in total. The van der Waals surface area contributed by atoms with Gasteiger partial charge in [-0.2, -0.15) is 11.8 Å². The third kappa shape index (κ3) is 2.74. The second-order valence-corrected chi connectivity index (χ2v) is 6.64. The molecule has 0 amide bonds. The average molecular weight is 272 g/mol. The van der Waals surface area contributed by atoms with Crippen molar-refractivity contribution < 1.29 is 9.90 Å². The molecule has 2 heterocycles. The first-order valence-corrected chi connectivity index (χ1v) is 7.55. The molecule has 2 rings (SSSR count). The highest BCUT2D eigenvalue weighted by Crippen LogP contribution is 2.30. The molecule has 0 aromatic carbocycles. The molecule has 1 fully saturated rings. The van der Waals surface area contributed by atoms with E-state index in [2.05, 4.69) is 16.8 Å². The molecular formula is C11H16N2O2S2. The Hall–Kier alpha value is -0.750. The van der Waals surface area contributed by atoms with Crippen LogP contribution in [0.15, 0.2) is 0 Å². The predicted octanol–water partition coefficient (Wildman–Crippen LogP) is 2.48. The number of thiazole rings is 1. The Morgan fingerprint density at radius 2 is 2.41 bits per heavy atom. The van der Waals surface area contributed by atoms with Crippen molar-refractivity contribution in [1.82, 2.24) is 4.98 Å². The number of rotatable bonds is 3. The summed E-state index contributed by atoms with van der Waals surface area (Å²) in [5.41, 5.74) is 0.205. The lowest BCUT2D eigenvalue weighted by Gasteiger charge is -2.31. The third-order valence-electron chi connectivity index (χ3n) is 2.85. The largest absolute Gasteiger partial charge is 0.476 e. The molecule has 0 bridgehead atoms. The molecular weight excluding hydrogens is 256 g/mol. The van der Waals surface area contributed by atoms with E-state index >= 15 is 0 Å². The van der Waals surface area contributed by atoms with Crippen LogP contribution in [0.2, 0.25) is 0 Å². The SMILES string of the molecule is CCC1CN(c2nc(C(=O)O)c(C)s2)CCS1. The fraction of sp³-hybridized carbons (Fsp3) is 0.636. The fourth-order valence-corrected chi connectivity index (χ4v) is 3.97. The van der Waals surface area contributed by atoms with Crippen LogP contribution in [0, 0.1) is 6.92 Å². The molecule has 94 valence electrons. The normalized spacial score (nSPS) is 20.6. The van der Waals surface area contributed by atoms with E-state index in [0.29, 0.717) is 5.25 Å². The van der Waals surface area contributed by atoms with E-state index in [1.54, 1.807) is 0 Å². The van der Waals surface area contributed by atoms with Crippen molar-refractivity contribution in [1.29, 1.82) is 0 Å². The molecule has 1 N–H and O–H groups in total. The number of aromatic nitrogens is 1. The molecule has 17 heavy (non-hydrogen) atoms. The Morgan fingerprint density at radius 1 is 1.65 bits per heavy atom. The number of thioether (sulfide) groups is 1. The van der Waals surface area contributed by atoms with Gasteiger partial charge in [-0.3, -0.25) is 0 Å². The van der Waals surface area contributed by atoms with Crippen LogP contribution in [0.3, 0.4) is 0 Å². The maximum Gasteiger partial charge on any atom is 0.355 e. The molecule has 0 spiro atoms. The molecule has 1 atom stereocenters. The van der Waals surface area contributed by atoms with Crippen molar-refractivity contribution in [3.05, 3.63) is 10.6 Å². The van der Waals surface area contributed by atoms with Crippen molar-refractivity contribution in [2.24, 2.45) is 0 Å². The van der Waals surface area contributed by atoms with Gasteiger partial charge in [-0.25, -0.2) is 9.78 Å². The van der Waals surface area contributed by atoms with Crippen LogP contribution in [0.1, 0.15) is 28.7 Å². The first kappa shape index (κ1) is 12.7. The number of carboxylic acid groups (broad SMARTS) is 1. The second-order valence-electron chi connectivity index (χ2n) is 4.05. The van der Waals surface area contributed by atoms with Crippen molar-refractivity contribution >= 4 is 34.2 Å². The summed E-state index contributed by atoms with van der Waals surface area (Å²) in [5.74, 6) is 0.169. The van der Waals surface area contributed by atoms with Crippen molar-refractivity contribution in [2.75, 3.05) is 23.7 Å². The maximum absolute atomic E-state index is 11.0. The summed E-state index contributed by atoms with van der Waals surface area (Å²) in [5, 5.41) is 10.5. The molecule has 1 aromatic heterocycles. The summed E-state index contributed by atoms with van der Waals surface area (Å²) >= 11 is 3.48. The summed E-state index contributed by atoms with van der Waals surface area (Å²) in [4.78, 5) is 18.2. The monoisotopic (exact) mass is 272 g/mol. The highest BCUT2D eigenvalue weighted by Gasteiger charge is 2.23. The number of carbonyl (C=O) groups is 1. The lowest BCUT2D eigenvalue weighted by Crippen LogP contribution is -2.37. The maximum atomic E-state index is 11.0. The van der Waals surface area contributed by atoms with Gasteiger partial charge in [-0.15, -0.1) is 11.3 Å². The van der Waals surface area contributed by atoms with E-state index in [4.69, 9.17) is 5.11 Å². The van der Waals surface area contributed by atoms with Gasteiger partial charge in [0.2, 0.25) is 0 Å². The summed E-state index contributed by atoms with van der Waals surface area (Å²) in [6.45, 7) is 5.96. The number of anilines is 1. The van der Waals surface area contributed by atoms with Gasteiger partial charge in [0, 0.05) is 29.0 Å². The van der Waals surface area contributed by atoms with Crippen molar-refractivity contribution in [3.8, 4) is 0 Å². The number of aryl methyl sites for hydroxylation is 1. The lowest BCUT2D eigenvalue weighted by atomic mass is 10.3. The zero-order valence-electron chi connectivity index (χ0n) is 9.97. The van der Waals surface area contributed by atoms with Gasteiger partial charge >= 0.3 is 5.97 Å². The minimum atomic E-state index is -0.927. The number of hydrogen-bond donors (Lipinski definition) is 1. The highest BCUT2D eigenvalue weighted by atomic mass is 32.2. The molecule has 0 saturated carbocycles. The first-order chi connectivity index (χ1) is 8.11. The van der Waals surface area contributed by atoms with Gasteiger partial charge in [0.15, 0.2) is 10.8 Å². The zero-order valence-corrected chi connectivity index (χ0v) is 11.6. The van der Waals surface area contributed by atoms with E-state index in [-0.39, 0.29) is 5.69 Å². The minimum absolute atomic E-state index is 0.205. The van der Waals surface area contributed by atoms with Gasteiger partial charge in [0.25, 0.3) is 0 Å². The fourth-order valence-electron chi connectivity index (χ4n) is 1.86. The van der Waals surface area contributed by atoms with Crippen molar-refractivity contribution in [2.45, 2.75) is 25.5 Å². The Kier molecular flexibility index (Phi) is 3.93. The van der Waals surface area contributed by atoms with Crippen LogP contribution in [0.5, 0.6) is 0 Å². The number of aromatic carboxylic acids is 1. The third-order valence-corrected chi connectivity index (χ3v) is 5.26. The number of hydrogen-bond acceptors (Lipinski definition) is 5. The van der Waals surface area contributed by atoms with Gasteiger partial charge < -0.3 is 10.0 Å². The van der Waals surface area contributed by atoms with Crippen LogP contribution >= 0.6 is 23.1 Å². The number of nitrogens with zero attached hydrogens (tertiary/aromatic N) is 2. The lowest BCUT2D eigenvalue weighted by molar-refractivity contribution is 0.0690. The summed E-state index contributed by atoms with van der Waals surface area (Å²) in [6.07, 6.45) is 1.15. The van der Waals surface area contributed by atoms with Crippen molar-refractivity contribution in [3.63, 3.8) is 0 Å². The van der Waals surface area contributed by atoms with E-state index < -0.39 is 5.97 Å². The summed E-state index contributed by atoms with van der Waals surface area (Å²) < 4.78 is 0. The molecule has 1 aromatic rings. The highest BCUT2D eigenvalue weighted by molar-refractivity contribution is 8.00. The van der Waals surface area contributed by atoms with Gasteiger partial charge in [0.1, 0.15) is 0 Å². The number of carboxylic acids is 1. The van der Waals surface area contributed by atoms with Crippen LogP contribution < -0.4 is 4.90 Å². The summed E-state index contributed by atoms with van der Waals surface area (Å²) in [6, 6.07) is 0. The zero-order chi connectivity index (χ0) is 12.4. The second kappa shape index (κ2) is 5.27. The van der Waals surface area contributed by atoms with Crippen LogP contribution in [-0.4, -0.2) is 40.2 Å². The molecule has 1 aliphatic heterocycles. The Bertz CT molecular complexity index is 420. The average Bonchev–Trinajstić information content (AvgIpc) is 2.71. The van der Waals surface area contributed by atoms with E-state index in [1.807, 2.05) is 18.7 Å². The van der Waals surface area contributed by atoms with Gasteiger partial charge in [-0.1, -0.05) is 6.92 Å². The molecule has 1 aliphatic rings. The molecule has 0 aliphatic carbocycles. The molecule has 0 radical (unpaired) electrons. The van der Waals surface area contributed by atoms with E-state index in [1.165, 1.54) is 11.3 Å². The van der Waals surface area contributed by atoms with Gasteiger partial charge in [0.05, 0.1) is 0 Å². The Balaban J connectivity index is 2.16. The van der Waals surface area contributed by atoms with Crippen LogP contribution in [0.25, 0.3) is 0 Å². The van der Waals surface area contributed by atoms with E-state index in [9.17, 15) is 4.79 Å². The molecule has 6 heteroatoms. The standard InChI is InChI=1S/C11H16N2O2S2/c1-3-8-6-13(4-5-16-8)11-12-9(10(14)15)7(2)17-11/h8H,3-6H2,1-2H3,(H,14,15). The quantitative estimate of drug-likeness (QED) is 0.916. The van der Waals surface area contributed by atoms with Crippen LogP contribution in [-0.2, 0) is 0 Å². The Labute approximate surface area is 109 Å². The topological polar surface area (TPSA) is 53.4 Å².